The molecule has 100 valence electrons. The Kier molecular flexibility index (Phi) is 4.39. The standard InChI is InChI=1S/C14H23N3O/c1-11-13(12(2)16-15-11)7-8-14(18)17-9-5-3-4-6-10-17/h3-10H2,1-2H3,(H,15,16). The van der Waals surface area contributed by atoms with Gasteiger partial charge in [-0.2, -0.15) is 5.10 Å². The Labute approximate surface area is 109 Å². The van der Waals surface area contributed by atoms with Gasteiger partial charge >= 0.3 is 0 Å². The smallest absolute Gasteiger partial charge is 0.222 e. The molecule has 1 fully saturated rings. The molecule has 0 unspecified atom stereocenters. The molecule has 4 heteroatoms. The number of hydrogen-bond donors (Lipinski definition) is 1. The van der Waals surface area contributed by atoms with E-state index in [1.54, 1.807) is 0 Å². The Balaban J connectivity index is 1.87. The molecule has 0 spiro atoms. The molecule has 1 amide bonds. The third kappa shape index (κ3) is 3.12. The Morgan fingerprint density at radius 3 is 2.44 bits per heavy atom. The van der Waals surface area contributed by atoms with Gasteiger partial charge in [0.15, 0.2) is 0 Å². The van der Waals surface area contributed by atoms with Crippen molar-refractivity contribution in [3.8, 4) is 0 Å². The van der Waals surface area contributed by atoms with E-state index in [4.69, 9.17) is 0 Å². The fraction of sp³-hybridized carbons (Fsp3) is 0.714. The van der Waals surface area contributed by atoms with Crippen LogP contribution in [-0.2, 0) is 11.2 Å². The third-order valence-electron chi connectivity index (χ3n) is 3.83. The second kappa shape index (κ2) is 6.03. The number of aromatic amines is 1. The number of nitrogens with one attached hydrogen (secondary N) is 1. The average molecular weight is 249 g/mol. The number of H-pyrrole nitrogens is 1. The van der Waals surface area contributed by atoms with Crippen molar-refractivity contribution in [2.24, 2.45) is 0 Å². The quantitative estimate of drug-likeness (QED) is 0.894. The van der Waals surface area contributed by atoms with Crippen LogP contribution in [0, 0.1) is 13.8 Å². The van der Waals surface area contributed by atoms with Crippen LogP contribution >= 0.6 is 0 Å². The summed E-state index contributed by atoms with van der Waals surface area (Å²) in [5.41, 5.74) is 3.32. The second-order valence-electron chi connectivity index (χ2n) is 5.21. The minimum absolute atomic E-state index is 0.303. The topological polar surface area (TPSA) is 49.0 Å². The molecule has 1 aromatic rings. The van der Waals surface area contributed by atoms with Crippen molar-refractivity contribution >= 4 is 5.91 Å². The Morgan fingerprint density at radius 2 is 1.89 bits per heavy atom. The van der Waals surface area contributed by atoms with Crippen LogP contribution in [0.4, 0.5) is 0 Å². The molecule has 0 atom stereocenters. The minimum Gasteiger partial charge on any atom is -0.343 e. The molecule has 0 aliphatic carbocycles. The zero-order valence-electron chi connectivity index (χ0n) is 11.5. The molecule has 1 saturated heterocycles. The lowest BCUT2D eigenvalue weighted by Gasteiger charge is -2.20. The summed E-state index contributed by atoms with van der Waals surface area (Å²) in [6.07, 6.45) is 6.28. The van der Waals surface area contributed by atoms with Crippen LogP contribution in [0.2, 0.25) is 0 Å². The van der Waals surface area contributed by atoms with E-state index >= 15 is 0 Å². The van der Waals surface area contributed by atoms with Gasteiger partial charge in [0.05, 0.1) is 5.69 Å². The van der Waals surface area contributed by atoms with Crippen LogP contribution in [0.5, 0.6) is 0 Å². The van der Waals surface area contributed by atoms with Gasteiger partial charge in [0.1, 0.15) is 0 Å². The number of carbonyl (C=O) groups excluding carboxylic acids is 1. The number of likely N-dealkylation sites (tertiary alicyclic amines) is 1. The summed E-state index contributed by atoms with van der Waals surface area (Å²) in [4.78, 5) is 14.2. The largest absolute Gasteiger partial charge is 0.343 e. The van der Waals surface area contributed by atoms with Crippen molar-refractivity contribution in [1.82, 2.24) is 15.1 Å². The SMILES string of the molecule is Cc1n[nH]c(C)c1CCC(=O)N1CCCCCC1. The molecule has 1 aromatic heterocycles. The number of aromatic nitrogens is 2. The summed E-state index contributed by atoms with van der Waals surface area (Å²) in [6.45, 7) is 5.91. The molecule has 0 bridgehead atoms. The number of amides is 1. The van der Waals surface area contributed by atoms with Crippen LogP contribution < -0.4 is 0 Å². The van der Waals surface area contributed by atoms with E-state index in [2.05, 4.69) is 10.2 Å². The number of nitrogens with zero attached hydrogens (tertiary/aromatic N) is 2. The summed E-state index contributed by atoms with van der Waals surface area (Å²) in [6, 6.07) is 0. The predicted octanol–water partition coefficient (Wildman–Crippen LogP) is 2.36. The summed E-state index contributed by atoms with van der Waals surface area (Å²) in [7, 11) is 0. The van der Waals surface area contributed by atoms with E-state index in [-0.39, 0.29) is 0 Å². The second-order valence-corrected chi connectivity index (χ2v) is 5.21. The molecule has 2 rings (SSSR count). The van der Waals surface area contributed by atoms with Crippen molar-refractivity contribution in [3.63, 3.8) is 0 Å². The van der Waals surface area contributed by atoms with Crippen LogP contribution in [0.15, 0.2) is 0 Å². The fourth-order valence-corrected chi connectivity index (χ4v) is 2.65. The molecule has 2 heterocycles. The van der Waals surface area contributed by atoms with Gasteiger partial charge in [0.2, 0.25) is 5.91 Å². The lowest BCUT2D eigenvalue weighted by molar-refractivity contribution is -0.131. The van der Waals surface area contributed by atoms with Gasteiger partial charge in [-0.05, 0) is 38.7 Å². The monoisotopic (exact) mass is 249 g/mol. The highest BCUT2D eigenvalue weighted by atomic mass is 16.2. The molecule has 0 radical (unpaired) electrons. The highest BCUT2D eigenvalue weighted by Gasteiger charge is 2.16. The minimum atomic E-state index is 0.303. The maximum Gasteiger partial charge on any atom is 0.222 e. The molecule has 1 aliphatic heterocycles. The predicted molar refractivity (Wildman–Crippen MR) is 71.4 cm³/mol. The molecule has 0 aromatic carbocycles. The highest BCUT2D eigenvalue weighted by molar-refractivity contribution is 5.76. The van der Waals surface area contributed by atoms with Crippen LogP contribution in [-0.4, -0.2) is 34.1 Å². The molecular formula is C14H23N3O. The number of rotatable bonds is 3. The van der Waals surface area contributed by atoms with E-state index in [1.165, 1.54) is 18.4 Å². The van der Waals surface area contributed by atoms with Gasteiger partial charge in [-0.3, -0.25) is 9.89 Å². The van der Waals surface area contributed by atoms with E-state index in [0.29, 0.717) is 12.3 Å². The van der Waals surface area contributed by atoms with Gasteiger partial charge < -0.3 is 4.90 Å². The third-order valence-corrected chi connectivity index (χ3v) is 3.83. The van der Waals surface area contributed by atoms with Gasteiger partial charge in [0.25, 0.3) is 0 Å². The van der Waals surface area contributed by atoms with Gasteiger partial charge in [0, 0.05) is 25.2 Å². The first-order valence-electron chi connectivity index (χ1n) is 6.96. The van der Waals surface area contributed by atoms with Crippen molar-refractivity contribution < 1.29 is 4.79 Å². The summed E-state index contributed by atoms with van der Waals surface area (Å²) in [5, 5.41) is 7.15. The Bertz CT molecular complexity index is 384. The normalized spacial score (nSPS) is 16.7. The maximum absolute atomic E-state index is 12.2. The lowest BCUT2D eigenvalue weighted by Crippen LogP contribution is -2.32. The molecule has 18 heavy (non-hydrogen) atoms. The zero-order chi connectivity index (χ0) is 13.0. The summed E-state index contributed by atoms with van der Waals surface area (Å²) < 4.78 is 0. The fourth-order valence-electron chi connectivity index (χ4n) is 2.65. The summed E-state index contributed by atoms with van der Waals surface area (Å²) in [5.74, 6) is 0.303. The first kappa shape index (κ1) is 13.1. The molecule has 1 N–H and O–H groups in total. The molecular weight excluding hydrogens is 226 g/mol. The van der Waals surface area contributed by atoms with Crippen molar-refractivity contribution in [2.75, 3.05) is 13.1 Å². The number of carbonyl (C=O) groups is 1. The van der Waals surface area contributed by atoms with Crippen LogP contribution in [0.1, 0.15) is 49.1 Å². The Hall–Kier alpha value is -1.32. The van der Waals surface area contributed by atoms with Crippen molar-refractivity contribution in [1.29, 1.82) is 0 Å². The number of aryl methyl sites for hydroxylation is 2. The average Bonchev–Trinajstić information content (AvgIpc) is 2.61. The first-order chi connectivity index (χ1) is 8.68. The molecule has 0 saturated carbocycles. The van der Waals surface area contributed by atoms with Gasteiger partial charge in [-0.15, -0.1) is 0 Å². The van der Waals surface area contributed by atoms with Crippen molar-refractivity contribution in [3.05, 3.63) is 17.0 Å². The van der Waals surface area contributed by atoms with E-state index < -0.39 is 0 Å². The van der Waals surface area contributed by atoms with Crippen LogP contribution in [0.25, 0.3) is 0 Å². The maximum atomic E-state index is 12.2. The zero-order valence-corrected chi connectivity index (χ0v) is 11.5. The number of hydrogen-bond acceptors (Lipinski definition) is 2. The molecule has 4 nitrogen and oxygen atoms in total. The Morgan fingerprint density at radius 1 is 1.22 bits per heavy atom. The summed E-state index contributed by atoms with van der Waals surface area (Å²) >= 11 is 0. The lowest BCUT2D eigenvalue weighted by atomic mass is 10.1. The molecule has 1 aliphatic rings. The van der Waals surface area contributed by atoms with E-state index in [9.17, 15) is 4.79 Å². The van der Waals surface area contributed by atoms with Crippen molar-refractivity contribution in [2.45, 2.75) is 52.4 Å². The van der Waals surface area contributed by atoms with Crippen LogP contribution in [0.3, 0.4) is 0 Å². The van der Waals surface area contributed by atoms with Gasteiger partial charge in [-0.1, -0.05) is 12.8 Å². The van der Waals surface area contributed by atoms with Gasteiger partial charge in [-0.25, -0.2) is 0 Å². The van der Waals surface area contributed by atoms with E-state index in [1.807, 2.05) is 18.7 Å². The first-order valence-corrected chi connectivity index (χ1v) is 6.96. The van der Waals surface area contributed by atoms with E-state index in [0.717, 1.165) is 43.7 Å². The highest BCUT2D eigenvalue weighted by Crippen LogP contribution is 2.15.